The Morgan fingerprint density at radius 1 is 0.917 bits per heavy atom. The Balaban J connectivity index is 0.000000391. The molecular weight excluding hydrogens is 438 g/mol. The van der Waals surface area contributed by atoms with Gasteiger partial charge in [0, 0.05) is 17.9 Å². The number of hydrogen-bond donors (Lipinski definition) is 1. The molecular formula is C34H51NO. The number of hydrogen-bond acceptors (Lipinski definition) is 2. The Hall–Kier alpha value is -2.45. The molecule has 0 spiro atoms. The Kier molecular flexibility index (Phi) is 15.0. The highest BCUT2D eigenvalue weighted by Crippen LogP contribution is 2.31. The molecule has 0 heterocycles. The van der Waals surface area contributed by atoms with Gasteiger partial charge in [0.25, 0.3) is 0 Å². The van der Waals surface area contributed by atoms with Crippen LogP contribution in [0, 0.1) is 25.7 Å². The molecule has 1 saturated carbocycles. The average Bonchev–Trinajstić information content (AvgIpc) is 2.93. The summed E-state index contributed by atoms with van der Waals surface area (Å²) >= 11 is 0. The standard InChI is InChI=1S/C21H25N.C11H20O.C2H6/c1-15-6-10-19(11-7-15)18(4)21(14-17(3)22-5)20-12-8-16(2)9-13-20;1-3-9(2)11(12)10-7-5-4-6-8-10;1-2/h6-14,17,22H,4H2,1-3,5H3;9-10H,3-8H2,1-2H3;1-2H3/b21-14+;;. The summed E-state index contributed by atoms with van der Waals surface area (Å²) in [6.07, 6.45) is 9.44. The van der Waals surface area contributed by atoms with Crippen molar-refractivity contribution in [3.05, 3.63) is 83.4 Å². The molecule has 2 aromatic carbocycles. The Bertz CT molecular complexity index is 930. The molecule has 1 N–H and O–H groups in total. The molecule has 0 aliphatic heterocycles. The second-order valence-corrected chi connectivity index (χ2v) is 9.91. The minimum atomic E-state index is 0.290. The van der Waals surface area contributed by atoms with Crippen LogP contribution in [0.2, 0.25) is 0 Å². The summed E-state index contributed by atoms with van der Waals surface area (Å²) in [6, 6.07) is 17.5. The summed E-state index contributed by atoms with van der Waals surface area (Å²) in [4.78, 5) is 11.7. The first-order valence-corrected chi connectivity index (χ1v) is 14.0. The molecule has 2 nitrogen and oxygen atoms in total. The van der Waals surface area contributed by atoms with Crippen LogP contribution in [0.15, 0.2) is 61.2 Å². The number of carbonyl (C=O) groups excluding carboxylic acids is 1. The second kappa shape index (κ2) is 17.1. The van der Waals surface area contributed by atoms with E-state index >= 15 is 0 Å². The zero-order valence-corrected chi connectivity index (χ0v) is 24.3. The molecule has 0 amide bonds. The van der Waals surface area contributed by atoms with Crippen LogP contribution in [0.1, 0.15) is 95.4 Å². The van der Waals surface area contributed by atoms with Gasteiger partial charge in [-0.1, -0.05) is 119 Å². The lowest BCUT2D eigenvalue weighted by Gasteiger charge is -2.22. The molecule has 0 bridgehead atoms. The van der Waals surface area contributed by atoms with Crippen LogP contribution in [-0.2, 0) is 4.79 Å². The lowest BCUT2D eigenvalue weighted by atomic mass is 9.81. The van der Waals surface area contributed by atoms with Gasteiger partial charge in [-0.15, -0.1) is 0 Å². The zero-order valence-electron chi connectivity index (χ0n) is 24.3. The Labute approximate surface area is 222 Å². The average molecular weight is 490 g/mol. The van der Waals surface area contributed by atoms with E-state index in [2.05, 4.69) is 101 Å². The molecule has 0 saturated heterocycles. The van der Waals surface area contributed by atoms with Crippen LogP contribution in [0.5, 0.6) is 0 Å². The van der Waals surface area contributed by atoms with Crippen LogP contribution in [0.3, 0.4) is 0 Å². The van der Waals surface area contributed by atoms with Crippen molar-refractivity contribution >= 4 is 16.9 Å². The van der Waals surface area contributed by atoms with E-state index in [1.54, 1.807) is 0 Å². The smallest absolute Gasteiger partial charge is 0.138 e. The molecule has 1 fully saturated rings. The minimum Gasteiger partial charge on any atom is -0.314 e. The molecule has 2 heteroatoms. The van der Waals surface area contributed by atoms with Gasteiger partial charge in [0.05, 0.1) is 0 Å². The molecule has 0 radical (unpaired) electrons. The van der Waals surface area contributed by atoms with Gasteiger partial charge in [-0.2, -0.15) is 0 Å². The molecule has 36 heavy (non-hydrogen) atoms. The fourth-order valence-corrected chi connectivity index (χ4v) is 4.34. The minimum absolute atomic E-state index is 0.290. The van der Waals surface area contributed by atoms with Crippen LogP contribution in [0.25, 0.3) is 11.1 Å². The monoisotopic (exact) mass is 489 g/mol. The molecule has 198 valence electrons. The highest BCUT2D eigenvalue weighted by Gasteiger charge is 2.24. The topological polar surface area (TPSA) is 29.1 Å². The molecule has 2 atom stereocenters. The largest absolute Gasteiger partial charge is 0.314 e. The van der Waals surface area contributed by atoms with Gasteiger partial charge in [0.1, 0.15) is 5.78 Å². The number of benzene rings is 2. The van der Waals surface area contributed by atoms with E-state index in [1.165, 1.54) is 47.1 Å². The number of Topliss-reactive ketones (excluding diaryl/α,β-unsaturated/α-hetero) is 1. The maximum absolute atomic E-state index is 11.7. The Morgan fingerprint density at radius 3 is 1.83 bits per heavy atom. The summed E-state index contributed by atoms with van der Waals surface area (Å²) in [7, 11) is 1.97. The lowest BCUT2D eigenvalue weighted by Crippen LogP contribution is -2.23. The highest BCUT2D eigenvalue weighted by molar-refractivity contribution is 6.04. The summed E-state index contributed by atoms with van der Waals surface area (Å²) in [5, 5.41) is 3.27. The van der Waals surface area contributed by atoms with E-state index in [9.17, 15) is 4.79 Å². The van der Waals surface area contributed by atoms with E-state index in [1.807, 2.05) is 20.9 Å². The van der Waals surface area contributed by atoms with Gasteiger partial charge in [-0.25, -0.2) is 0 Å². The van der Waals surface area contributed by atoms with E-state index in [0.29, 0.717) is 23.7 Å². The maximum atomic E-state index is 11.7. The molecule has 0 aromatic heterocycles. The first-order valence-electron chi connectivity index (χ1n) is 14.0. The number of nitrogens with one attached hydrogen (secondary N) is 1. The van der Waals surface area contributed by atoms with Crippen molar-refractivity contribution in [3.63, 3.8) is 0 Å². The van der Waals surface area contributed by atoms with Crippen molar-refractivity contribution in [1.29, 1.82) is 0 Å². The third-order valence-electron chi connectivity index (χ3n) is 7.07. The predicted octanol–water partition coefficient (Wildman–Crippen LogP) is 9.22. The lowest BCUT2D eigenvalue weighted by molar-refractivity contribution is -0.127. The summed E-state index contributed by atoms with van der Waals surface area (Å²) in [5.41, 5.74) is 7.15. The highest BCUT2D eigenvalue weighted by atomic mass is 16.1. The number of rotatable bonds is 8. The summed E-state index contributed by atoms with van der Waals surface area (Å²) < 4.78 is 0. The fraction of sp³-hybridized carbons (Fsp3) is 0.500. The molecule has 1 aliphatic carbocycles. The first-order chi connectivity index (χ1) is 17.3. The van der Waals surface area contributed by atoms with Gasteiger partial charge in [0.15, 0.2) is 0 Å². The quantitative estimate of drug-likeness (QED) is 0.374. The van der Waals surface area contributed by atoms with Crippen molar-refractivity contribution < 1.29 is 4.79 Å². The van der Waals surface area contributed by atoms with Gasteiger partial charge >= 0.3 is 0 Å². The molecule has 3 rings (SSSR count). The molecule has 1 aliphatic rings. The van der Waals surface area contributed by atoms with Crippen LogP contribution < -0.4 is 5.32 Å². The summed E-state index contributed by atoms with van der Waals surface area (Å²) in [5.74, 6) is 1.24. The molecule has 2 unspecified atom stereocenters. The van der Waals surface area contributed by atoms with Crippen molar-refractivity contribution in [2.24, 2.45) is 11.8 Å². The van der Waals surface area contributed by atoms with E-state index in [4.69, 9.17) is 0 Å². The van der Waals surface area contributed by atoms with Crippen LogP contribution in [-0.4, -0.2) is 18.9 Å². The van der Waals surface area contributed by atoms with Gasteiger partial charge < -0.3 is 5.32 Å². The van der Waals surface area contributed by atoms with Crippen LogP contribution >= 0.6 is 0 Å². The number of aryl methyl sites for hydroxylation is 2. The third kappa shape index (κ3) is 10.3. The van der Waals surface area contributed by atoms with E-state index in [0.717, 1.165) is 24.8 Å². The van der Waals surface area contributed by atoms with Crippen molar-refractivity contribution in [1.82, 2.24) is 5.32 Å². The number of carbonyl (C=O) groups is 1. The van der Waals surface area contributed by atoms with Crippen molar-refractivity contribution in [2.45, 2.75) is 93.0 Å². The van der Waals surface area contributed by atoms with E-state index < -0.39 is 0 Å². The normalized spacial score (nSPS) is 15.5. The predicted molar refractivity (Wildman–Crippen MR) is 160 cm³/mol. The van der Waals surface area contributed by atoms with Crippen molar-refractivity contribution in [2.75, 3.05) is 7.05 Å². The Morgan fingerprint density at radius 2 is 1.39 bits per heavy atom. The zero-order chi connectivity index (χ0) is 27.1. The SMILES string of the molecule is C=C(/C(=C\C(C)NC)c1ccc(C)cc1)c1ccc(C)cc1.CC.CCC(C)C(=O)C1CCCCC1. The first kappa shape index (κ1) is 31.6. The number of likely N-dealkylation sites (N-methyl/N-ethyl adjacent to an activating group) is 1. The number of allylic oxidation sites excluding steroid dienone is 2. The van der Waals surface area contributed by atoms with Gasteiger partial charge in [0.2, 0.25) is 0 Å². The van der Waals surface area contributed by atoms with Crippen LogP contribution in [0.4, 0.5) is 0 Å². The van der Waals surface area contributed by atoms with E-state index in [-0.39, 0.29) is 0 Å². The van der Waals surface area contributed by atoms with Gasteiger partial charge in [-0.05, 0) is 69.4 Å². The third-order valence-corrected chi connectivity index (χ3v) is 7.07. The maximum Gasteiger partial charge on any atom is 0.138 e. The molecule has 2 aromatic rings. The second-order valence-electron chi connectivity index (χ2n) is 9.91. The summed E-state index contributed by atoms with van der Waals surface area (Å²) in [6.45, 7) is 18.9. The van der Waals surface area contributed by atoms with Gasteiger partial charge in [-0.3, -0.25) is 4.79 Å². The fourth-order valence-electron chi connectivity index (χ4n) is 4.34. The van der Waals surface area contributed by atoms with Crippen molar-refractivity contribution in [3.8, 4) is 0 Å². The number of ketones is 1.